The molecule has 0 aliphatic carbocycles. The second-order valence-electron chi connectivity index (χ2n) is 3.04. The Hall–Kier alpha value is -1.59. The number of nitrogens with two attached hydrogens (primary N) is 1. The Morgan fingerprint density at radius 2 is 2.19 bits per heavy atom. The standard InChI is InChI=1S/C10H11ClN2O3/c1-16-5-9(14)13-8-4-6(10(12)15)2-3-7(8)11/h2-4H,5H2,1H3,(H2,12,15)(H,13,14). The van der Waals surface area contributed by atoms with E-state index in [1.54, 1.807) is 0 Å². The summed E-state index contributed by atoms with van der Waals surface area (Å²) < 4.78 is 4.65. The third kappa shape index (κ3) is 3.22. The van der Waals surface area contributed by atoms with E-state index < -0.39 is 5.91 Å². The third-order valence-electron chi connectivity index (χ3n) is 1.80. The molecule has 16 heavy (non-hydrogen) atoms. The molecule has 0 bridgehead atoms. The van der Waals surface area contributed by atoms with E-state index in [1.165, 1.54) is 25.3 Å². The van der Waals surface area contributed by atoms with Gasteiger partial charge in [0.05, 0.1) is 10.7 Å². The predicted molar refractivity (Wildman–Crippen MR) is 60.5 cm³/mol. The van der Waals surface area contributed by atoms with Crippen molar-refractivity contribution in [3.05, 3.63) is 28.8 Å². The predicted octanol–water partition coefficient (Wildman–Crippen LogP) is 1.02. The van der Waals surface area contributed by atoms with Crippen LogP contribution >= 0.6 is 11.6 Å². The van der Waals surface area contributed by atoms with E-state index >= 15 is 0 Å². The van der Waals surface area contributed by atoms with Gasteiger partial charge in [0.15, 0.2) is 0 Å². The molecule has 0 unspecified atom stereocenters. The molecule has 0 spiro atoms. The van der Waals surface area contributed by atoms with E-state index in [1.807, 2.05) is 0 Å². The Labute approximate surface area is 97.5 Å². The van der Waals surface area contributed by atoms with E-state index in [2.05, 4.69) is 10.1 Å². The molecule has 0 atom stereocenters. The first-order valence-electron chi connectivity index (χ1n) is 4.42. The molecule has 5 nitrogen and oxygen atoms in total. The smallest absolute Gasteiger partial charge is 0.250 e. The number of carbonyl (C=O) groups is 2. The third-order valence-corrected chi connectivity index (χ3v) is 2.13. The van der Waals surface area contributed by atoms with Crippen LogP contribution in [-0.4, -0.2) is 25.5 Å². The quantitative estimate of drug-likeness (QED) is 0.827. The van der Waals surface area contributed by atoms with Crippen molar-refractivity contribution >= 4 is 29.1 Å². The number of primary amides is 1. The summed E-state index contributed by atoms with van der Waals surface area (Å²) in [6.07, 6.45) is 0. The van der Waals surface area contributed by atoms with E-state index in [4.69, 9.17) is 17.3 Å². The average molecular weight is 243 g/mol. The molecule has 1 rings (SSSR count). The molecule has 0 saturated heterocycles. The number of hydrogen-bond acceptors (Lipinski definition) is 3. The molecule has 86 valence electrons. The summed E-state index contributed by atoms with van der Waals surface area (Å²) >= 11 is 5.84. The lowest BCUT2D eigenvalue weighted by atomic mass is 10.2. The van der Waals surface area contributed by atoms with Gasteiger partial charge in [0, 0.05) is 12.7 Å². The fourth-order valence-electron chi connectivity index (χ4n) is 1.09. The number of benzene rings is 1. The average Bonchev–Trinajstić information content (AvgIpc) is 2.21. The van der Waals surface area contributed by atoms with Crippen molar-refractivity contribution in [1.29, 1.82) is 0 Å². The first kappa shape index (κ1) is 12.5. The van der Waals surface area contributed by atoms with Crippen LogP contribution in [0, 0.1) is 0 Å². The fourth-order valence-corrected chi connectivity index (χ4v) is 1.26. The van der Waals surface area contributed by atoms with Gasteiger partial charge in [0.25, 0.3) is 0 Å². The number of amides is 2. The summed E-state index contributed by atoms with van der Waals surface area (Å²) in [5.74, 6) is -0.940. The highest BCUT2D eigenvalue weighted by Gasteiger charge is 2.08. The van der Waals surface area contributed by atoms with E-state index in [9.17, 15) is 9.59 Å². The van der Waals surface area contributed by atoms with Crippen LogP contribution in [0.3, 0.4) is 0 Å². The summed E-state index contributed by atoms with van der Waals surface area (Å²) in [6.45, 7) is -0.0862. The zero-order chi connectivity index (χ0) is 12.1. The van der Waals surface area contributed by atoms with Crippen molar-refractivity contribution in [2.24, 2.45) is 5.73 Å². The van der Waals surface area contributed by atoms with Gasteiger partial charge in [-0.2, -0.15) is 0 Å². The topological polar surface area (TPSA) is 81.4 Å². The van der Waals surface area contributed by atoms with Crippen molar-refractivity contribution in [3.8, 4) is 0 Å². The first-order valence-corrected chi connectivity index (χ1v) is 4.80. The zero-order valence-corrected chi connectivity index (χ0v) is 9.38. The van der Waals surface area contributed by atoms with Crippen LogP contribution in [0.2, 0.25) is 5.02 Å². The summed E-state index contributed by atoms with van der Waals surface area (Å²) in [5, 5.41) is 2.83. The second kappa shape index (κ2) is 5.48. The molecular formula is C10H11ClN2O3. The van der Waals surface area contributed by atoms with Gasteiger partial charge in [-0.1, -0.05) is 11.6 Å². The number of rotatable bonds is 4. The molecule has 1 aromatic carbocycles. The van der Waals surface area contributed by atoms with Gasteiger partial charge in [0.2, 0.25) is 11.8 Å². The minimum Gasteiger partial charge on any atom is -0.375 e. The second-order valence-corrected chi connectivity index (χ2v) is 3.45. The van der Waals surface area contributed by atoms with Crippen molar-refractivity contribution in [1.82, 2.24) is 0 Å². The van der Waals surface area contributed by atoms with Crippen LogP contribution in [0.5, 0.6) is 0 Å². The number of hydrogen-bond donors (Lipinski definition) is 2. The number of ether oxygens (including phenoxy) is 1. The number of nitrogens with one attached hydrogen (secondary N) is 1. The molecule has 0 aromatic heterocycles. The monoisotopic (exact) mass is 242 g/mol. The lowest BCUT2D eigenvalue weighted by molar-refractivity contribution is -0.119. The Kier molecular flexibility index (Phi) is 4.28. The highest BCUT2D eigenvalue weighted by molar-refractivity contribution is 6.33. The SMILES string of the molecule is COCC(=O)Nc1cc(C(N)=O)ccc1Cl. The van der Waals surface area contributed by atoms with E-state index in [0.717, 1.165) is 0 Å². The van der Waals surface area contributed by atoms with Crippen molar-refractivity contribution in [2.45, 2.75) is 0 Å². The van der Waals surface area contributed by atoms with Crippen LogP contribution in [0.4, 0.5) is 5.69 Å². The highest BCUT2D eigenvalue weighted by Crippen LogP contribution is 2.22. The molecule has 0 aliphatic rings. The molecule has 0 radical (unpaired) electrons. The largest absolute Gasteiger partial charge is 0.375 e. The molecule has 0 fully saturated rings. The van der Waals surface area contributed by atoms with Crippen LogP contribution in [-0.2, 0) is 9.53 Å². The van der Waals surface area contributed by atoms with E-state index in [0.29, 0.717) is 10.7 Å². The van der Waals surface area contributed by atoms with Gasteiger partial charge in [-0.25, -0.2) is 0 Å². The number of halogens is 1. The van der Waals surface area contributed by atoms with Crippen LogP contribution in [0.15, 0.2) is 18.2 Å². The normalized spacial score (nSPS) is 9.88. The van der Waals surface area contributed by atoms with E-state index in [-0.39, 0.29) is 18.1 Å². The van der Waals surface area contributed by atoms with Gasteiger partial charge < -0.3 is 15.8 Å². The molecule has 1 aromatic rings. The van der Waals surface area contributed by atoms with Crippen LogP contribution in [0.1, 0.15) is 10.4 Å². The molecule has 0 saturated carbocycles. The maximum Gasteiger partial charge on any atom is 0.250 e. The lowest BCUT2D eigenvalue weighted by Crippen LogP contribution is -2.18. The Morgan fingerprint density at radius 3 is 2.75 bits per heavy atom. The van der Waals surface area contributed by atoms with Crippen molar-refractivity contribution in [3.63, 3.8) is 0 Å². The molecule has 6 heteroatoms. The van der Waals surface area contributed by atoms with Crippen molar-refractivity contribution in [2.75, 3.05) is 19.0 Å². The highest BCUT2D eigenvalue weighted by atomic mass is 35.5. The molecular weight excluding hydrogens is 232 g/mol. The van der Waals surface area contributed by atoms with Gasteiger partial charge in [-0.05, 0) is 18.2 Å². The van der Waals surface area contributed by atoms with Gasteiger partial charge >= 0.3 is 0 Å². The molecule has 0 aliphatic heterocycles. The molecule has 2 amide bonds. The minimum absolute atomic E-state index is 0.0862. The molecule has 3 N–H and O–H groups in total. The minimum atomic E-state index is -0.584. The Balaban J connectivity index is 2.90. The van der Waals surface area contributed by atoms with Gasteiger partial charge in [-0.3, -0.25) is 9.59 Å². The van der Waals surface area contributed by atoms with Crippen LogP contribution in [0.25, 0.3) is 0 Å². The number of methoxy groups -OCH3 is 1. The summed E-state index contributed by atoms with van der Waals surface area (Å²) in [5.41, 5.74) is 5.71. The first-order chi connectivity index (χ1) is 7.54. The summed E-state index contributed by atoms with van der Waals surface area (Å²) in [6, 6.07) is 4.39. The maximum atomic E-state index is 11.2. The summed E-state index contributed by atoms with van der Waals surface area (Å²) in [7, 11) is 1.40. The van der Waals surface area contributed by atoms with Gasteiger partial charge in [0.1, 0.15) is 6.61 Å². The number of carbonyl (C=O) groups excluding carboxylic acids is 2. The fraction of sp³-hybridized carbons (Fsp3) is 0.200. The Morgan fingerprint density at radius 1 is 1.50 bits per heavy atom. The zero-order valence-electron chi connectivity index (χ0n) is 8.62. The number of anilines is 1. The molecule has 0 heterocycles. The van der Waals surface area contributed by atoms with Crippen molar-refractivity contribution < 1.29 is 14.3 Å². The Bertz CT molecular complexity index is 421. The lowest BCUT2D eigenvalue weighted by Gasteiger charge is -2.07. The van der Waals surface area contributed by atoms with Crippen LogP contribution < -0.4 is 11.1 Å². The summed E-state index contributed by atoms with van der Waals surface area (Å²) in [4.78, 5) is 22.2. The van der Waals surface area contributed by atoms with Gasteiger partial charge in [-0.15, -0.1) is 0 Å². The maximum absolute atomic E-state index is 11.2.